The van der Waals surface area contributed by atoms with Crippen LogP contribution in [0.4, 0.5) is 0 Å². The minimum Gasteiger partial charge on any atom is -0.257 e. The van der Waals surface area contributed by atoms with Crippen molar-refractivity contribution in [3.63, 3.8) is 0 Å². The number of hydrogen-bond donors (Lipinski definition) is 0. The second kappa shape index (κ2) is 1.53. The minimum atomic E-state index is -1.57. The summed E-state index contributed by atoms with van der Waals surface area (Å²) in [5, 5.41) is 0. The van der Waals surface area contributed by atoms with Crippen molar-refractivity contribution in [3.05, 3.63) is 0 Å². The number of nitrogens with zero attached hydrogens (tertiary/aromatic N) is 2. The van der Waals surface area contributed by atoms with Crippen LogP contribution in [0, 0.1) is 0 Å². The fourth-order valence-electron chi connectivity index (χ4n) is 0.556. The van der Waals surface area contributed by atoms with Gasteiger partial charge in [0.2, 0.25) is 0 Å². The van der Waals surface area contributed by atoms with Crippen LogP contribution in [0.2, 0.25) is 0 Å². The third-order valence-electron chi connectivity index (χ3n) is 1.01. The number of rotatable bonds is 0. The van der Waals surface area contributed by atoms with E-state index in [9.17, 15) is 0 Å². The molecular weight excluding hydrogens is 132 g/mol. The summed E-state index contributed by atoms with van der Waals surface area (Å²) >= 11 is 0. The van der Waals surface area contributed by atoms with Crippen molar-refractivity contribution in [3.8, 4) is 0 Å². The molecule has 0 saturated heterocycles. The van der Waals surface area contributed by atoms with E-state index >= 15 is 0 Å². The molecule has 0 saturated carbocycles. The first-order valence-corrected chi connectivity index (χ1v) is 6.04. The topological polar surface area (TPSA) is 24.7 Å². The molecule has 0 spiro atoms. The van der Waals surface area contributed by atoms with Gasteiger partial charge in [0, 0.05) is 6.21 Å². The quantitative estimate of drug-likeness (QED) is 0.454. The van der Waals surface area contributed by atoms with Gasteiger partial charge in [-0.15, -0.1) is 0 Å². The highest BCUT2D eigenvalue weighted by atomic mass is 32.3. The van der Waals surface area contributed by atoms with Crippen molar-refractivity contribution in [1.29, 1.82) is 0 Å². The molecule has 1 aliphatic rings. The van der Waals surface area contributed by atoms with Crippen molar-refractivity contribution >= 4 is 26.9 Å². The Labute approximate surface area is 55.7 Å². The number of aliphatic imine (C=N–C) groups is 1. The SMILES string of the molecule is CS1(C)(C)=CN=CC=N1. The lowest BCUT2D eigenvalue weighted by atomic mass is 10.8. The van der Waals surface area contributed by atoms with Gasteiger partial charge in [0.1, 0.15) is 0 Å². The van der Waals surface area contributed by atoms with E-state index in [0.717, 1.165) is 0 Å². The molecule has 52 valence electrons. The van der Waals surface area contributed by atoms with Crippen molar-refractivity contribution in [2.24, 2.45) is 9.39 Å². The van der Waals surface area contributed by atoms with Gasteiger partial charge in [0.15, 0.2) is 0 Å². The van der Waals surface area contributed by atoms with E-state index in [2.05, 4.69) is 28.2 Å². The lowest BCUT2D eigenvalue weighted by Crippen LogP contribution is -2.04. The van der Waals surface area contributed by atoms with Gasteiger partial charge in [-0.2, -0.15) is 8.94 Å². The fraction of sp³-hybridized carbons (Fsp3) is 0.500. The maximum atomic E-state index is 4.37. The summed E-state index contributed by atoms with van der Waals surface area (Å²) < 4.78 is 4.37. The highest BCUT2D eigenvalue weighted by Crippen LogP contribution is 2.48. The molecule has 3 heteroatoms. The summed E-state index contributed by atoms with van der Waals surface area (Å²) in [5.74, 6) is 0. The van der Waals surface area contributed by atoms with Gasteiger partial charge < -0.3 is 0 Å². The van der Waals surface area contributed by atoms with Crippen LogP contribution in [-0.2, 0) is 0 Å². The van der Waals surface area contributed by atoms with E-state index in [1.165, 1.54) is 0 Å². The summed E-state index contributed by atoms with van der Waals surface area (Å²) in [4.78, 5) is 4.05. The standard InChI is InChI=1S/C6H12N2S/c1-9(2,3)6-7-4-5-8-9/h4-6H,1-3H3. The Bertz CT molecular complexity index is 231. The Balaban J connectivity index is 3.25. The monoisotopic (exact) mass is 144 g/mol. The normalized spacial score (nSPS) is 32.1. The largest absolute Gasteiger partial charge is 0.257 e. The molecule has 0 atom stereocenters. The Morgan fingerprint density at radius 3 is 2.00 bits per heavy atom. The van der Waals surface area contributed by atoms with Crippen molar-refractivity contribution in [2.45, 2.75) is 0 Å². The van der Waals surface area contributed by atoms with Crippen LogP contribution in [-0.4, -0.2) is 36.7 Å². The lowest BCUT2D eigenvalue weighted by Gasteiger charge is -2.32. The average Bonchev–Trinajstić information content (AvgIpc) is 1.62. The Hall–Kier alpha value is -0.440. The van der Waals surface area contributed by atoms with E-state index in [-0.39, 0.29) is 0 Å². The van der Waals surface area contributed by atoms with Crippen LogP contribution in [0.3, 0.4) is 0 Å². The molecule has 0 unspecified atom stereocenters. The molecule has 0 N–H and O–H groups in total. The fourth-order valence-corrected chi connectivity index (χ4v) is 1.59. The zero-order chi connectivity index (χ0) is 6.98. The molecule has 0 radical (unpaired) electrons. The van der Waals surface area contributed by atoms with Crippen LogP contribution in [0.1, 0.15) is 0 Å². The van der Waals surface area contributed by atoms with Crippen molar-refractivity contribution < 1.29 is 0 Å². The Kier molecular flexibility index (Phi) is 1.14. The van der Waals surface area contributed by atoms with Crippen LogP contribution >= 0.6 is 8.94 Å². The predicted octanol–water partition coefficient (Wildman–Crippen LogP) is 1.05. The maximum absolute atomic E-state index is 4.37. The maximum Gasteiger partial charge on any atom is 0.0524 e. The second-order valence-electron chi connectivity index (χ2n) is 3.24. The zero-order valence-electron chi connectivity index (χ0n) is 6.03. The number of hydrogen-bond acceptors (Lipinski definition) is 2. The van der Waals surface area contributed by atoms with E-state index in [1.54, 1.807) is 12.4 Å². The predicted molar refractivity (Wildman–Crippen MR) is 48.4 cm³/mol. The highest BCUT2D eigenvalue weighted by molar-refractivity contribution is 8.44. The molecule has 2 nitrogen and oxygen atoms in total. The molecule has 0 fully saturated rings. The van der Waals surface area contributed by atoms with Crippen LogP contribution < -0.4 is 0 Å². The molecule has 0 aromatic carbocycles. The Morgan fingerprint density at radius 2 is 1.78 bits per heavy atom. The highest BCUT2D eigenvalue weighted by Gasteiger charge is 2.11. The van der Waals surface area contributed by atoms with Gasteiger partial charge in [-0.3, -0.25) is 4.99 Å². The van der Waals surface area contributed by atoms with Crippen LogP contribution in [0.15, 0.2) is 9.39 Å². The summed E-state index contributed by atoms with van der Waals surface area (Å²) in [6.45, 7) is 0. The summed E-state index contributed by atoms with van der Waals surface area (Å²) in [5.41, 5.74) is 1.96. The summed E-state index contributed by atoms with van der Waals surface area (Å²) in [6.07, 6.45) is 9.93. The van der Waals surface area contributed by atoms with E-state index < -0.39 is 8.94 Å². The van der Waals surface area contributed by atoms with Gasteiger partial charge in [-0.25, -0.2) is 4.40 Å². The van der Waals surface area contributed by atoms with Gasteiger partial charge in [0.05, 0.1) is 11.7 Å². The zero-order valence-corrected chi connectivity index (χ0v) is 6.85. The van der Waals surface area contributed by atoms with Crippen LogP contribution in [0.5, 0.6) is 0 Å². The first-order valence-electron chi connectivity index (χ1n) is 2.75. The Morgan fingerprint density at radius 1 is 1.11 bits per heavy atom. The lowest BCUT2D eigenvalue weighted by molar-refractivity contribution is 1.77. The van der Waals surface area contributed by atoms with E-state index in [4.69, 9.17) is 0 Å². The van der Waals surface area contributed by atoms with E-state index in [0.29, 0.717) is 0 Å². The summed E-state index contributed by atoms with van der Waals surface area (Å²) in [6, 6.07) is 0. The van der Waals surface area contributed by atoms with Gasteiger partial charge in [-0.1, -0.05) is 0 Å². The van der Waals surface area contributed by atoms with Crippen LogP contribution in [0.25, 0.3) is 0 Å². The molecule has 1 heterocycles. The molecule has 0 aromatic rings. The third kappa shape index (κ3) is 1.75. The summed E-state index contributed by atoms with van der Waals surface area (Å²) in [7, 11) is -1.57. The molecule has 0 bridgehead atoms. The van der Waals surface area contributed by atoms with Gasteiger partial charge in [0.25, 0.3) is 0 Å². The van der Waals surface area contributed by atoms with Crippen molar-refractivity contribution in [1.82, 2.24) is 0 Å². The second-order valence-corrected chi connectivity index (χ2v) is 8.83. The van der Waals surface area contributed by atoms with Gasteiger partial charge >= 0.3 is 0 Å². The van der Waals surface area contributed by atoms with E-state index in [1.807, 2.05) is 5.49 Å². The molecule has 0 aliphatic carbocycles. The first-order chi connectivity index (χ1) is 3.97. The molecule has 0 amide bonds. The molecule has 9 heavy (non-hydrogen) atoms. The first kappa shape index (κ1) is 6.68. The smallest absolute Gasteiger partial charge is 0.0524 e. The average molecular weight is 144 g/mol. The van der Waals surface area contributed by atoms with Crippen molar-refractivity contribution in [2.75, 3.05) is 18.8 Å². The van der Waals surface area contributed by atoms with Gasteiger partial charge in [-0.05, 0) is 18.8 Å². The third-order valence-corrected chi connectivity index (χ3v) is 2.74. The minimum absolute atomic E-state index is 1.57. The molecule has 1 aliphatic heterocycles. The molecular formula is C6H12N2S. The molecule has 0 aromatic heterocycles. The molecule has 1 rings (SSSR count).